The minimum atomic E-state index is -1.11. The van der Waals surface area contributed by atoms with E-state index in [-0.39, 0.29) is 0 Å². The summed E-state index contributed by atoms with van der Waals surface area (Å²) in [5, 5.41) is 0. The van der Waals surface area contributed by atoms with Gasteiger partial charge in [-0.3, -0.25) is 0 Å². The van der Waals surface area contributed by atoms with Crippen LogP contribution in [0.3, 0.4) is 0 Å². The number of carbonyl (C=O) groups is 3. The molecule has 0 aliphatic rings. The Bertz CT molecular complexity index is 347. The maximum atomic E-state index is 11.4. The lowest BCUT2D eigenvalue weighted by molar-refractivity contribution is -0.167. The van der Waals surface area contributed by atoms with Crippen molar-refractivity contribution in [2.24, 2.45) is 0 Å². The predicted octanol–water partition coefficient (Wildman–Crippen LogP) is 0.183. The second-order valence-electron chi connectivity index (χ2n) is 3.29. The Hall–Kier alpha value is -1.89. The largest absolute Gasteiger partial charge is 0.466 e. The average molecular weight is 260 g/mol. The van der Waals surface area contributed by atoms with Crippen molar-refractivity contribution in [3.05, 3.63) is 12.3 Å². The molecule has 0 radical (unpaired) electrons. The van der Waals surface area contributed by atoms with Crippen LogP contribution >= 0.6 is 0 Å². The van der Waals surface area contributed by atoms with E-state index < -0.39 is 35.9 Å². The second-order valence-corrected chi connectivity index (χ2v) is 3.29. The molecule has 18 heavy (non-hydrogen) atoms. The smallest absolute Gasteiger partial charge is 0.374 e. The van der Waals surface area contributed by atoms with Crippen LogP contribution in [0.25, 0.3) is 0 Å². The number of hydrogen-bond acceptors (Lipinski definition) is 7. The quantitative estimate of drug-likeness (QED) is 0.291. The van der Waals surface area contributed by atoms with E-state index >= 15 is 0 Å². The van der Waals surface area contributed by atoms with Crippen molar-refractivity contribution in [1.82, 2.24) is 0 Å². The molecule has 0 aliphatic carbocycles. The van der Waals surface area contributed by atoms with Gasteiger partial charge in [0, 0.05) is 7.11 Å². The Kier molecular flexibility index (Phi) is 6.66. The van der Waals surface area contributed by atoms with Crippen LogP contribution in [0.4, 0.5) is 0 Å². The van der Waals surface area contributed by atoms with Gasteiger partial charge in [0.15, 0.2) is 12.2 Å². The molecule has 0 aromatic heterocycles. The van der Waals surface area contributed by atoms with E-state index in [1.165, 1.54) is 21.0 Å². The number of esters is 3. The zero-order valence-corrected chi connectivity index (χ0v) is 10.7. The number of hydrogen-bond donors (Lipinski definition) is 0. The van der Waals surface area contributed by atoms with Crippen LogP contribution in [0.1, 0.15) is 13.8 Å². The van der Waals surface area contributed by atoms with Gasteiger partial charge in [-0.2, -0.15) is 0 Å². The van der Waals surface area contributed by atoms with E-state index in [1.54, 1.807) is 0 Å². The van der Waals surface area contributed by atoms with Gasteiger partial charge in [-0.15, -0.1) is 0 Å². The highest BCUT2D eigenvalue weighted by Crippen LogP contribution is 2.05. The zero-order chi connectivity index (χ0) is 14.3. The summed E-state index contributed by atoms with van der Waals surface area (Å²) in [5.41, 5.74) is 0. The minimum absolute atomic E-state index is 0.528. The monoisotopic (exact) mass is 260 g/mol. The normalized spacial score (nSPS) is 13.1. The molecule has 0 N–H and O–H groups in total. The first-order valence-corrected chi connectivity index (χ1v) is 5.05. The molecule has 0 heterocycles. The van der Waals surface area contributed by atoms with Crippen LogP contribution in [0, 0.1) is 0 Å². The number of carbonyl (C=O) groups excluding carboxylic acids is 3. The number of rotatable bonds is 6. The van der Waals surface area contributed by atoms with Gasteiger partial charge in [0.1, 0.15) is 0 Å². The van der Waals surface area contributed by atoms with Gasteiger partial charge in [0.25, 0.3) is 0 Å². The molecular formula is C11H16O7. The van der Waals surface area contributed by atoms with E-state index in [0.717, 1.165) is 7.11 Å². The van der Waals surface area contributed by atoms with Crippen molar-refractivity contribution in [2.45, 2.75) is 26.1 Å². The lowest BCUT2D eigenvalue weighted by atomic mass is 10.4. The van der Waals surface area contributed by atoms with Gasteiger partial charge < -0.3 is 18.9 Å². The Morgan fingerprint density at radius 1 is 1.00 bits per heavy atom. The molecule has 0 bridgehead atoms. The molecule has 0 spiro atoms. The fourth-order valence-electron chi connectivity index (χ4n) is 0.783. The molecular weight excluding hydrogens is 244 g/mol. The van der Waals surface area contributed by atoms with E-state index in [2.05, 4.69) is 25.5 Å². The fraction of sp³-hybridized carbons (Fsp3) is 0.545. The molecule has 7 nitrogen and oxygen atoms in total. The topological polar surface area (TPSA) is 88.1 Å². The van der Waals surface area contributed by atoms with Crippen LogP contribution in [0.2, 0.25) is 0 Å². The molecule has 0 fully saturated rings. The van der Waals surface area contributed by atoms with Crippen molar-refractivity contribution in [3.8, 4) is 0 Å². The van der Waals surface area contributed by atoms with Gasteiger partial charge in [-0.25, -0.2) is 14.4 Å². The Balaban J connectivity index is 4.32. The van der Waals surface area contributed by atoms with Crippen LogP contribution in [0.15, 0.2) is 12.3 Å². The Morgan fingerprint density at radius 2 is 1.56 bits per heavy atom. The summed E-state index contributed by atoms with van der Waals surface area (Å²) in [7, 11) is 2.47. The van der Waals surface area contributed by atoms with Crippen LogP contribution in [-0.2, 0) is 33.3 Å². The van der Waals surface area contributed by atoms with E-state index in [0.29, 0.717) is 0 Å². The molecule has 0 aliphatic heterocycles. The van der Waals surface area contributed by atoms with Crippen LogP contribution in [-0.4, -0.2) is 44.3 Å². The van der Waals surface area contributed by atoms with E-state index in [1.807, 2.05) is 0 Å². The molecule has 102 valence electrons. The van der Waals surface area contributed by atoms with Crippen molar-refractivity contribution in [1.29, 1.82) is 0 Å². The van der Waals surface area contributed by atoms with E-state index in [4.69, 9.17) is 0 Å². The third kappa shape index (κ3) is 4.96. The molecule has 0 saturated carbocycles. The summed E-state index contributed by atoms with van der Waals surface area (Å²) >= 11 is 0. The highest BCUT2D eigenvalue weighted by atomic mass is 16.6. The highest BCUT2D eigenvalue weighted by Gasteiger charge is 2.23. The number of methoxy groups -OCH3 is 2. The summed E-state index contributed by atoms with van der Waals surface area (Å²) < 4.78 is 18.3. The molecule has 0 aromatic rings. The van der Waals surface area contributed by atoms with E-state index in [9.17, 15) is 14.4 Å². The molecule has 7 heteroatoms. The van der Waals surface area contributed by atoms with Crippen LogP contribution < -0.4 is 0 Å². The van der Waals surface area contributed by atoms with Crippen molar-refractivity contribution >= 4 is 17.9 Å². The Morgan fingerprint density at radius 3 is 2.00 bits per heavy atom. The van der Waals surface area contributed by atoms with Gasteiger partial charge >= 0.3 is 17.9 Å². The maximum Gasteiger partial charge on any atom is 0.374 e. The maximum absolute atomic E-state index is 11.4. The summed E-state index contributed by atoms with van der Waals surface area (Å²) in [5.74, 6) is -3.07. The Labute approximate surface area is 105 Å². The second kappa shape index (κ2) is 7.44. The predicted molar refractivity (Wildman–Crippen MR) is 59.3 cm³/mol. The average Bonchev–Trinajstić information content (AvgIpc) is 2.35. The summed E-state index contributed by atoms with van der Waals surface area (Å²) in [6.45, 7) is 5.98. The number of ether oxygens (including phenoxy) is 4. The lowest BCUT2D eigenvalue weighted by Crippen LogP contribution is -2.28. The van der Waals surface area contributed by atoms with Crippen molar-refractivity contribution < 1.29 is 33.3 Å². The molecule has 0 saturated heterocycles. The van der Waals surface area contributed by atoms with Crippen molar-refractivity contribution in [3.63, 3.8) is 0 Å². The van der Waals surface area contributed by atoms with Gasteiger partial charge in [-0.05, 0) is 20.4 Å². The van der Waals surface area contributed by atoms with Crippen LogP contribution in [0.5, 0.6) is 0 Å². The summed E-state index contributed by atoms with van der Waals surface area (Å²) in [4.78, 5) is 33.6. The third-order valence-corrected chi connectivity index (χ3v) is 1.95. The molecule has 2 atom stereocenters. The summed E-state index contributed by atoms with van der Waals surface area (Å²) in [6, 6.07) is 0. The lowest BCUT2D eigenvalue weighted by Gasteiger charge is -2.13. The zero-order valence-electron chi connectivity index (χ0n) is 10.7. The van der Waals surface area contributed by atoms with Gasteiger partial charge in [-0.1, -0.05) is 0 Å². The first kappa shape index (κ1) is 16.1. The molecule has 0 rings (SSSR count). The van der Waals surface area contributed by atoms with Gasteiger partial charge in [0.05, 0.1) is 7.11 Å². The standard InChI is InChI=1S/C11H16O7/c1-6(15-4)10(13)18-8(3)11(14)17-7(2)9(12)16-5/h6-7H,3H2,1-2,4-5H3. The first-order valence-electron chi connectivity index (χ1n) is 5.05. The minimum Gasteiger partial charge on any atom is -0.466 e. The summed E-state index contributed by atoms with van der Waals surface area (Å²) in [6.07, 6.45) is -1.95. The third-order valence-electron chi connectivity index (χ3n) is 1.95. The molecule has 0 aromatic carbocycles. The SMILES string of the molecule is C=C(OC(=O)C(C)OC)C(=O)OC(C)C(=O)OC. The highest BCUT2D eigenvalue weighted by molar-refractivity contribution is 5.91. The van der Waals surface area contributed by atoms with Gasteiger partial charge in [0.2, 0.25) is 5.76 Å². The van der Waals surface area contributed by atoms with Crippen molar-refractivity contribution in [2.75, 3.05) is 14.2 Å². The molecule has 2 unspecified atom stereocenters. The fourth-order valence-corrected chi connectivity index (χ4v) is 0.783. The first-order chi connectivity index (χ1) is 8.33. The molecule has 0 amide bonds.